The van der Waals surface area contributed by atoms with Crippen molar-refractivity contribution >= 4 is 0 Å². The van der Waals surface area contributed by atoms with Crippen LogP contribution in [-0.4, -0.2) is 47.1 Å². The highest BCUT2D eigenvalue weighted by Gasteiger charge is 2.41. The molecule has 0 saturated heterocycles. The van der Waals surface area contributed by atoms with E-state index in [-0.39, 0.29) is 24.8 Å². The lowest BCUT2D eigenvalue weighted by molar-refractivity contribution is -0.210. The molecule has 0 aromatic heterocycles. The largest absolute Gasteiger partial charge is 0.415 e. The molecular weight excluding hydrogens is 362 g/mol. The monoisotopic (exact) mass is 391 g/mol. The van der Waals surface area contributed by atoms with Gasteiger partial charge in [-0.15, -0.1) is 0 Å². The Kier molecular flexibility index (Phi) is 8.06. The Morgan fingerprint density at radius 3 is 2.44 bits per heavy atom. The lowest BCUT2D eigenvalue weighted by Crippen LogP contribution is -2.47. The molecule has 1 saturated carbocycles. The number of ether oxygens (including phenoxy) is 1. The summed E-state index contributed by atoms with van der Waals surface area (Å²) in [7, 11) is 0. The SMILES string of the molecule is CC(C)OC1CCCC(N(Cc2ccccc2CF)CC(O)C(F)(F)F)C1. The summed E-state index contributed by atoms with van der Waals surface area (Å²) in [5.74, 6) is 0. The van der Waals surface area contributed by atoms with Gasteiger partial charge in [0.2, 0.25) is 0 Å². The average molecular weight is 391 g/mol. The number of aliphatic hydroxyl groups is 1. The van der Waals surface area contributed by atoms with Crippen LogP contribution in [0.5, 0.6) is 0 Å². The van der Waals surface area contributed by atoms with Crippen LogP contribution in [0.1, 0.15) is 50.7 Å². The molecule has 0 spiro atoms. The first-order valence-electron chi connectivity index (χ1n) is 9.47. The first-order valence-corrected chi connectivity index (χ1v) is 9.47. The molecular formula is C20H29F4NO2. The molecule has 1 aliphatic rings. The number of aliphatic hydroxyl groups excluding tert-OH is 1. The van der Waals surface area contributed by atoms with Crippen LogP contribution in [0.2, 0.25) is 0 Å². The van der Waals surface area contributed by atoms with Crippen molar-refractivity contribution in [3.05, 3.63) is 35.4 Å². The van der Waals surface area contributed by atoms with Gasteiger partial charge in [0, 0.05) is 19.1 Å². The van der Waals surface area contributed by atoms with Gasteiger partial charge in [-0.05, 0) is 50.7 Å². The molecule has 1 N–H and O–H groups in total. The topological polar surface area (TPSA) is 32.7 Å². The average Bonchev–Trinajstić information content (AvgIpc) is 2.60. The minimum absolute atomic E-state index is 0.00861. The van der Waals surface area contributed by atoms with E-state index in [1.165, 1.54) is 0 Å². The number of hydrogen-bond acceptors (Lipinski definition) is 3. The first kappa shape index (κ1) is 22.1. The Bertz CT molecular complexity index is 579. The normalized spacial score (nSPS) is 22.4. The highest BCUT2D eigenvalue weighted by Crippen LogP contribution is 2.30. The fraction of sp³-hybridized carbons (Fsp3) is 0.700. The van der Waals surface area contributed by atoms with Gasteiger partial charge in [-0.3, -0.25) is 4.90 Å². The van der Waals surface area contributed by atoms with E-state index in [0.717, 1.165) is 19.3 Å². The molecule has 1 aromatic carbocycles. The number of alkyl halides is 4. The highest BCUT2D eigenvalue weighted by molar-refractivity contribution is 5.26. The quantitative estimate of drug-likeness (QED) is 0.657. The molecule has 0 aliphatic heterocycles. The predicted octanol–water partition coefficient (Wildman–Crippen LogP) is 4.62. The Hall–Kier alpha value is -1.18. The van der Waals surface area contributed by atoms with Crippen LogP contribution < -0.4 is 0 Å². The second-order valence-corrected chi connectivity index (χ2v) is 7.52. The van der Waals surface area contributed by atoms with Crippen molar-refractivity contribution < 1.29 is 27.4 Å². The molecule has 3 nitrogen and oxygen atoms in total. The van der Waals surface area contributed by atoms with Crippen molar-refractivity contribution in [3.63, 3.8) is 0 Å². The van der Waals surface area contributed by atoms with Crippen molar-refractivity contribution in [1.82, 2.24) is 4.90 Å². The lowest BCUT2D eigenvalue weighted by Gasteiger charge is -2.39. The van der Waals surface area contributed by atoms with Crippen LogP contribution in [-0.2, 0) is 18.0 Å². The fourth-order valence-corrected chi connectivity index (χ4v) is 3.69. The number of rotatable bonds is 8. The summed E-state index contributed by atoms with van der Waals surface area (Å²) < 4.78 is 58.0. The third-order valence-corrected chi connectivity index (χ3v) is 5.00. The van der Waals surface area contributed by atoms with E-state index in [2.05, 4.69) is 0 Å². The summed E-state index contributed by atoms with van der Waals surface area (Å²) >= 11 is 0. The predicted molar refractivity (Wildman–Crippen MR) is 96.0 cm³/mol. The Balaban J connectivity index is 2.18. The Morgan fingerprint density at radius 2 is 1.85 bits per heavy atom. The maximum absolute atomic E-state index is 13.3. The molecule has 0 radical (unpaired) electrons. The van der Waals surface area contributed by atoms with Crippen molar-refractivity contribution in [2.75, 3.05) is 6.54 Å². The minimum atomic E-state index is -4.68. The van der Waals surface area contributed by atoms with E-state index >= 15 is 0 Å². The molecule has 27 heavy (non-hydrogen) atoms. The molecule has 0 bridgehead atoms. The van der Waals surface area contributed by atoms with E-state index < -0.39 is 25.5 Å². The first-order chi connectivity index (χ1) is 12.7. The minimum Gasteiger partial charge on any atom is -0.382 e. The summed E-state index contributed by atoms with van der Waals surface area (Å²) in [6.07, 6.45) is -3.99. The van der Waals surface area contributed by atoms with E-state index in [0.29, 0.717) is 17.5 Å². The van der Waals surface area contributed by atoms with Crippen LogP contribution in [0.4, 0.5) is 17.6 Å². The number of benzene rings is 1. The third-order valence-electron chi connectivity index (χ3n) is 5.00. The molecule has 0 amide bonds. The summed E-state index contributed by atoms with van der Waals surface area (Å²) in [6, 6.07) is 6.68. The zero-order chi connectivity index (χ0) is 20.0. The summed E-state index contributed by atoms with van der Waals surface area (Å²) in [5.41, 5.74) is 1.12. The molecule has 1 aliphatic carbocycles. The van der Waals surface area contributed by atoms with Gasteiger partial charge in [-0.25, -0.2) is 4.39 Å². The summed E-state index contributed by atoms with van der Waals surface area (Å²) in [4.78, 5) is 1.64. The second-order valence-electron chi connectivity index (χ2n) is 7.52. The second kappa shape index (κ2) is 9.85. The van der Waals surface area contributed by atoms with Crippen molar-refractivity contribution in [1.29, 1.82) is 0 Å². The summed E-state index contributed by atoms with van der Waals surface area (Å²) in [5, 5.41) is 9.63. The van der Waals surface area contributed by atoms with Crippen molar-refractivity contribution in [2.24, 2.45) is 0 Å². The van der Waals surface area contributed by atoms with E-state index in [9.17, 15) is 22.7 Å². The van der Waals surface area contributed by atoms with Gasteiger partial charge in [-0.2, -0.15) is 13.2 Å². The van der Waals surface area contributed by atoms with Crippen molar-refractivity contribution in [2.45, 2.75) is 83.3 Å². The van der Waals surface area contributed by atoms with Crippen LogP contribution in [0, 0.1) is 0 Å². The summed E-state index contributed by atoms with van der Waals surface area (Å²) in [6.45, 7) is 2.85. The molecule has 2 rings (SSSR count). The van der Waals surface area contributed by atoms with Crippen LogP contribution in [0.3, 0.4) is 0 Å². The zero-order valence-corrected chi connectivity index (χ0v) is 15.9. The van der Waals surface area contributed by atoms with Gasteiger partial charge in [-0.1, -0.05) is 24.3 Å². The molecule has 1 fully saturated rings. The fourth-order valence-electron chi connectivity index (χ4n) is 3.69. The van der Waals surface area contributed by atoms with E-state index in [1.807, 2.05) is 13.8 Å². The number of nitrogens with zero attached hydrogens (tertiary/aromatic N) is 1. The molecule has 154 valence electrons. The number of hydrogen-bond donors (Lipinski definition) is 1. The van der Waals surface area contributed by atoms with Gasteiger partial charge in [0.05, 0.1) is 12.2 Å². The smallest absolute Gasteiger partial charge is 0.382 e. The standard InChI is InChI=1S/C20H29F4NO2/c1-14(2)27-18-9-5-8-17(10-18)25(13-19(26)20(22,23)24)12-16-7-4-3-6-15(16)11-21/h3-4,6-7,14,17-19,26H,5,8-13H2,1-2H3. The highest BCUT2D eigenvalue weighted by atomic mass is 19.4. The molecule has 7 heteroatoms. The van der Waals surface area contributed by atoms with Crippen molar-refractivity contribution in [3.8, 4) is 0 Å². The zero-order valence-electron chi connectivity index (χ0n) is 15.9. The van der Waals surface area contributed by atoms with Crippen LogP contribution >= 0.6 is 0 Å². The third kappa shape index (κ3) is 6.73. The number of halogens is 4. The van der Waals surface area contributed by atoms with Crippen LogP contribution in [0.15, 0.2) is 24.3 Å². The molecule has 3 unspecified atom stereocenters. The van der Waals surface area contributed by atoms with E-state index in [4.69, 9.17) is 4.74 Å². The van der Waals surface area contributed by atoms with E-state index in [1.54, 1.807) is 29.2 Å². The molecule has 0 heterocycles. The maximum atomic E-state index is 13.3. The van der Waals surface area contributed by atoms with Gasteiger partial charge in [0.15, 0.2) is 6.10 Å². The van der Waals surface area contributed by atoms with Gasteiger partial charge in [0.1, 0.15) is 6.67 Å². The van der Waals surface area contributed by atoms with Gasteiger partial charge in [0.25, 0.3) is 0 Å². The van der Waals surface area contributed by atoms with Gasteiger partial charge < -0.3 is 9.84 Å². The molecule has 3 atom stereocenters. The van der Waals surface area contributed by atoms with Crippen LogP contribution in [0.25, 0.3) is 0 Å². The molecule has 1 aromatic rings. The lowest BCUT2D eigenvalue weighted by atomic mass is 9.90. The Labute approximate surface area is 158 Å². The Morgan fingerprint density at radius 1 is 1.19 bits per heavy atom. The maximum Gasteiger partial charge on any atom is 0.415 e. The van der Waals surface area contributed by atoms with Gasteiger partial charge >= 0.3 is 6.18 Å².